The van der Waals surface area contributed by atoms with Gasteiger partial charge in [0.05, 0.1) is 0 Å². The number of carboxylic acid groups (broad SMARTS) is 1. The highest BCUT2D eigenvalue weighted by Gasteiger charge is 2.11. The van der Waals surface area contributed by atoms with Gasteiger partial charge in [0, 0.05) is 48.4 Å². The molecule has 1 amide bonds. The first-order chi connectivity index (χ1) is 13.3. The molecule has 28 heavy (non-hydrogen) atoms. The number of hydrogen-bond acceptors (Lipinski definition) is 5. The smallest absolute Gasteiger partial charge is 0.300 e. The summed E-state index contributed by atoms with van der Waals surface area (Å²) in [6.07, 6.45) is 5.22. The summed E-state index contributed by atoms with van der Waals surface area (Å²) in [7, 11) is 0. The number of amides is 1. The van der Waals surface area contributed by atoms with Crippen LogP contribution >= 0.6 is 0 Å². The summed E-state index contributed by atoms with van der Waals surface area (Å²) in [6.45, 7) is 4.95. The summed E-state index contributed by atoms with van der Waals surface area (Å²) in [6, 6.07) is 11.1. The molecule has 0 bridgehead atoms. The number of carboxylic acids is 1. The van der Waals surface area contributed by atoms with Gasteiger partial charge in [0.15, 0.2) is 0 Å². The minimum absolute atomic E-state index is 0.0877. The Morgan fingerprint density at radius 3 is 2.50 bits per heavy atom. The van der Waals surface area contributed by atoms with Crippen LogP contribution in [0.15, 0.2) is 55.0 Å². The number of benzene rings is 1. The quantitative estimate of drug-likeness (QED) is 0.638. The molecule has 0 fully saturated rings. The number of pyridine rings is 1. The lowest BCUT2D eigenvalue weighted by atomic mass is 10.1. The second-order valence-electron chi connectivity index (χ2n) is 6.29. The number of anilines is 1. The molecule has 0 saturated heterocycles. The Kier molecular flexibility index (Phi) is 6.86. The molecule has 0 radical (unpaired) electrons. The number of nitrogens with two attached hydrogens (primary N) is 1. The Labute approximate surface area is 163 Å². The summed E-state index contributed by atoms with van der Waals surface area (Å²) in [5, 5.41) is 10.3. The lowest BCUT2D eigenvalue weighted by molar-refractivity contribution is -0.134. The van der Waals surface area contributed by atoms with Crippen LogP contribution in [0.2, 0.25) is 0 Å². The zero-order chi connectivity index (χ0) is 20.7. The lowest BCUT2D eigenvalue weighted by Crippen LogP contribution is -2.30. The fourth-order valence-corrected chi connectivity index (χ4v) is 2.46. The molecule has 3 aromatic rings. The monoisotopic (exact) mass is 381 g/mol. The molecule has 2 heterocycles. The van der Waals surface area contributed by atoms with Crippen LogP contribution in [-0.2, 0) is 4.79 Å². The predicted molar refractivity (Wildman–Crippen MR) is 107 cm³/mol. The van der Waals surface area contributed by atoms with Crippen molar-refractivity contribution in [2.24, 2.45) is 0 Å². The summed E-state index contributed by atoms with van der Waals surface area (Å²) in [5.41, 5.74) is 8.09. The van der Waals surface area contributed by atoms with Gasteiger partial charge in [-0.05, 0) is 44.2 Å². The van der Waals surface area contributed by atoms with Gasteiger partial charge < -0.3 is 16.2 Å². The molecule has 0 unspecified atom stereocenters. The minimum Gasteiger partial charge on any atom is -0.481 e. The maximum Gasteiger partial charge on any atom is 0.300 e. The molecule has 8 heteroatoms. The molecule has 8 nitrogen and oxygen atoms in total. The number of rotatable bonds is 4. The molecule has 146 valence electrons. The minimum atomic E-state index is -0.833. The normalized spacial score (nSPS) is 10.1. The molecule has 0 aliphatic heterocycles. The largest absolute Gasteiger partial charge is 0.481 e. The molecular formula is C20H23N5O3. The van der Waals surface area contributed by atoms with E-state index in [4.69, 9.17) is 15.6 Å². The van der Waals surface area contributed by atoms with Crippen molar-refractivity contribution < 1.29 is 14.7 Å². The third kappa shape index (κ3) is 5.66. The molecule has 0 spiro atoms. The number of nitrogens with zero attached hydrogens (tertiary/aromatic N) is 3. The predicted octanol–water partition coefficient (Wildman–Crippen LogP) is 2.75. The van der Waals surface area contributed by atoms with E-state index in [9.17, 15) is 4.79 Å². The van der Waals surface area contributed by atoms with Crippen molar-refractivity contribution in [3.8, 4) is 17.1 Å². The van der Waals surface area contributed by atoms with Gasteiger partial charge in [0.1, 0.15) is 11.6 Å². The molecule has 2 aromatic heterocycles. The first-order valence-electron chi connectivity index (χ1n) is 8.64. The average molecular weight is 381 g/mol. The molecule has 0 atom stereocenters. The standard InChI is InChI=1S/C18H19N5O.C2H4O2/c1-12(2)22-18(24)14-4-3-5-15(10-14)23-9-8-21-17(23)13-6-7-20-16(19)11-13;1-2(3)4/h3-12H,1-2H3,(H2,19,20)(H,22,24);1H3,(H,3,4). The summed E-state index contributed by atoms with van der Waals surface area (Å²) >= 11 is 0. The van der Waals surface area contributed by atoms with Gasteiger partial charge in [0.2, 0.25) is 0 Å². The van der Waals surface area contributed by atoms with Crippen molar-refractivity contribution in [2.45, 2.75) is 26.8 Å². The summed E-state index contributed by atoms with van der Waals surface area (Å²) < 4.78 is 1.92. The van der Waals surface area contributed by atoms with E-state index >= 15 is 0 Å². The lowest BCUT2D eigenvalue weighted by Gasteiger charge is -2.11. The number of aliphatic carboxylic acids is 1. The molecule has 1 aromatic carbocycles. The Hall–Kier alpha value is -3.68. The number of nitrogen functional groups attached to an aromatic ring is 1. The van der Waals surface area contributed by atoms with Crippen LogP contribution in [0.25, 0.3) is 17.1 Å². The molecule has 3 rings (SSSR count). The van der Waals surface area contributed by atoms with E-state index in [0.29, 0.717) is 11.4 Å². The molecule has 0 aliphatic rings. The Balaban J connectivity index is 0.000000640. The number of hydrogen-bond donors (Lipinski definition) is 3. The van der Waals surface area contributed by atoms with E-state index in [1.807, 2.05) is 48.9 Å². The van der Waals surface area contributed by atoms with Crippen LogP contribution in [0.3, 0.4) is 0 Å². The summed E-state index contributed by atoms with van der Waals surface area (Å²) in [5.74, 6) is 0.249. The fraction of sp³-hybridized carbons (Fsp3) is 0.200. The topological polar surface area (TPSA) is 123 Å². The van der Waals surface area contributed by atoms with Crippen molar-refractivity contribution in [3.63, 3.8) is 0 Å². The highest BCUT2D eigenvalue weighted by Crippen LogP contribution is 2.22. The van der Waals surface area contributed by atoms with Crippen LogP contribution < -0.4 is 11.1 Å². The van der Waals surface area contributed by atoms with Gasteiger partial charge in [-0.3, -0.25) is 14.2 Å². The SMILES string of the molecule is CC(=O)O.CC(C)NC(=O)c1cccc(-n2ccnc2-c2ccnc(N)c2)c1. The summed E-state index contributed by atoms with van der Waals surface area (Å²) in [4.78, 5) is 29.6. The Bertz CT molecular complexity index is 962. The zero-order valence-electron chi connectivity index (χ0n) is 16.0. The van der Waals surface area contributed by atoms with E-state index in [1.54, 1.807) is 24.5 Å². The van der Waals surface area contributed by atoms with Crippen molar-refractivity contribution in [1.29, 1.82) is 0 Å². The van der Waals surface area contributed by atoms with Gasteiger partial charge in [0.25, 0.3) is 11.9 Å². The van der Waals surface area contributed by atoms with Crippen LogP contribution in [-0.4, -0.2) is 37.6 Å². The van der Waals surface area contributed by atoms with Gasteiger partial charge in [-0.2, -0.15) is 0 Å². The number of carbonyl (C=O) groups excluding carboxylic acids is 1. The third-order valence-electron chi connectivity index (χ3n) is 3.49. The zero-order valence-corrected chi connectivity index (χ0v) is 16.0. The average Bonchev–Trinajstić information content (AvgIpc) is 3.10. The van der Waals surface area contributed by atoms with Crippen LogP contribution in [0.5, 0.6) is 0 Å². The van der Waals surface area contributed by atoms with Crippen LogP contribution in [0.1, 0.15) is 31.1 Å². The first kappa shape index (κ1) is 20.6. The molecule has 0 aliphatic carbocycles. The van der Waals surface area contributed by atoms with E-state index in [-0.39, 0.29) is 11.9 Å². The van der Waals surface area contributed by atoms with E-state index < -0.39 is 5.97 Å². The maximum absolute atomic E-state index is 12.2. The second kappa shape index (κ2) is 9.31. The van der Waals surface area contributed by atoms with Crippen molar-refractivity contribution >= 4 is 17.7 Å². The van der Waals surface area contributed by atoms with Gasteiger partial charge in [-0.1, -0.05) is 6.07 Å². The number of nitrogens with one attached hydrogen (secondary N) is 1. The van der Waals surface area contributed by atoms with Crippen LogP contribution in [0.4, 0.5) is 5.82 Å². The third-order valence-corrected chi connectivity index (χ3v) is 3.49. The Morgan fingerprint density at radius 2 is 1.86 bits per heavy atom. The molecular weight excluding hydrogens is 358 g/mol. The number of aromatic nitrogens is 3. The van der Waals surface area contributed by atoms with Gasteiger partial charge in [-0.25, -0.2) is 9.97 Å². The first-order valence-corrected chi connectivity index (χ1v) is 8.64. The van der Waals surface area contributed by atoms with Crippen molar-refractivity contribution in [1.82, 2.24) is 19.9 Å². The highest BCUT2D eigenvalue weighted by molar-refractivity contribution is 5.94. The van der Waals surface area contributed by atoms with E-state index in [2.05, 4.69) is 15.3 Å². The van der Waals surface area contributed by atoms with Gasteiger partial charge in [-0.15, -0.1) is 0 Å². The fourth-order valence-electron chi connectivity index (χ4n) is 2.46. The Morgan fingerprint density at radius 1 is 1.14 bits per heavy atom. The second-order valence-corrected chi connectivity index (χ2v) is 6.29. The van der Waals surface area contributed by atoms with Crippen LogP contribution in [0, 0.1) is 0 Å². The molecule has 0 saturated carbocycles. The van der Waals surface area contributed by atoms with Crippen molar-refractivity contribution in [2.75, 3.05) is 5.73 Å². The van der Waals surface area contributed by atoms with Crippen molar-refractivity contribution in [3.05, 3.63) is 60.6 Å². The number of carbonyl (C=O) groups is 2. The maximum atomic E-state index is 12.2. The van der Waals surface area contributed by atoms with Gasteiger partial charge >= 0.3 is 0 Å². The highest BCUT2D eigenvalue weighted by atomic mass is 16.4. The van der Waals surface area contributed by atoms with E-state index in [0.717, 1.165) is 24.0 Å². The van der Waals surface area contributed by atoms with E-state index in [1.165, 1.54) is 0 Å². The number of imidazole rings is 1. The molecule has 4 N–H and O–H groups in total.